The molecule has 1 amide bonds. The van der Waals surface area contributed by atoms with E-state index in [2.05, 4.69) is 37.8 Å². The predicted octanol–water partition coefficient (Wildman–Crippen LogP) is 2.43. The maximum atomic E-state index is 11.2. The molecule has 2 rings (SSSR count). The van der Waals surface area contributed by atoms with Crippen molar-refractivity contribution in [3.05, 3.63) is 35.9 Å². The Labute approximate surface area is 132 Å². The lowest BCUT2D eigenvalue weighted by Crippen LogP contribution is -2.58. The molecule has 1 aliphatic heterocycles. The van der Waals surface area contributed by atoms with Crippen LogP contribution < -0.4 is 0 Å². The number of carboxylic acid groups (broad SMARTS) is 1. The average molecular weight is 306 g/mol. The van der Waals surface area contributed by atoms with Crippen LogP contribution in [-0.4, -0.2) is 58.4 Å². The summed E-state index contributed by atoms with van der Waals surface area (Å²) >= 11 is 0. The molecule has 0 spiro atoms. The molecule has 0 aromatic heterocycles. The van der Waals surface area contributed by atoms with Crippen molar-refractivity contribution in [1.29, 1.82) is 0 Å². The number of hydrogen-bond acceptors (Lipinski definition) is 3. The Morgan fingerprint density at radius 1 is 1.27 bits per heavy atom. The van der Waals surface area contributed by atoms with E-state index in [0.717, 1.165) is 0 Å². The van der Waals surface area contributed by atoms with Crippen molar-refractivity contribution in [1.82, 2.24) is 9.80 Å². The number of piperazine rings is 1. The van der Waals surface area contributed by atoms with Gasteiger partial charge in [0.05, 0.1) is 12.6 Å². The standard InChI is InChI=1S/C17H26N2O3/c1-17(2,3)15(13-7-5-4-6-8-13)19-10-9-18(16(21)22)11-14(19)12-20/h4-8,14-15,20H,9-12H2,1-3H3,(H,21,22). The second-order valence-corrected chi connectivity index (χ2v) is 6.98. The van der Waals surface area contributed by atoms with E-state index in [1.165, 1.54) is 10.5 Å². The zero-order valence-electron chi connectivity index (χ0n) is 13.6. The fourth-order valence-electron chi connectivity index (χ4n) is 3.37. The highest BCUT2D eigenvalue weighted by atomic mass is 16.4. The molecule has 0 bridgehead atoms. The summed E-state index contributed by atoms with van der Waals surface area (Å²) in [6, 6.07) is 10.2. The molecule has 2 unspecified atom stereocenters. The Balaban J connectivity index is 2.30. The molecule has 1 saturated heterocycles. The Kier molecular flexibility index (Phi) is 5.08. The van der Waals surface area contributed by atoms with Crippen LogP contribution in [-0.2, 0) is 0 Å². The Morgan fingerprint density at radius 3 is 2.41 bits per heavy atom. The summed E-state index contributed by atoms with van der Waals surface area (Å²) in [5.41, 5.74) is 1.19. The summed E-state index contributed by atoms with van der Waals surface area (Å²) in [6.45, 7) is 7.97. The molecule has 0 radical (unpaired) electrons. The van der Waals surface area contributed by atoms with Crippen LogP contribution in [0.4, 0.5) is 4.79 Å². The van der Waals surface area contributed by atoms with Gasteiger partial charge in [-0.1, -0.05) is 51.1 Å². The Hall–Kier alpha value is -1.59. The van der Waals surface area contributed by atoms with Crippen LogP contribution in [0.5, 0.6) is 0 Å². The van der Waals surface area contributed by atoms with E-state index >= 15 is 0 Å². The lowest BCUT2D eigenvalue weighted by Gasteiger charge is -2.48. The summed E-state index contributed by atoms with van der Waals surface area (Å²) in [5, 5.41) is 18.9. The smallest absolute Gasteiger partial charge is 0.407 e. The fourth-order valence-corrected chi connectivity index (χ4v) is 3.37. The largest absolute Gasteiger partial charge is 0.465 e. The maximum absolute atomic E-state index is 11.2. The molecular formula is C17H26N2O3. The van der Waals surface area contributed by atoms with Crippen molar-refractivity contribution in [3.63, 3.8) is 0 Å². The molecule has 122 valence electrons. The van der Waals surface area contributed by atoms with E-state index in [1.807, 2.05) is 18.2 Å². The lowest BCUT2D eigenvalue weighted by atomic mass is 9.80. The Morgan fingerprint density at radius 2 is 1.91 bits per heavy atom. The topological polar surface area (TPSA) is 64.0 Å². The number of rotatable bonds is 3. The molecule has 5 heteroatoms. The van der Waals surface area contributed by atoms with Crippen LogP contribution in [0.3, 0.4) is 0 Å². The quantitative estimate of drug-likeness (QED) is 0.900. The fraction of sp³-hybridized carbons (Fsp3) is 0.588. The predicted molar refractivity (Wildman–Crippen MR) is 85.8 cm³/mol. The summed E-state index contributed by atoms with van der Waals surface area (Å²) in [5.74, 6) is 0. The van der Waals surface area contributed by atoms with Gasteiger partial charge < -0.3 is 15.1 Å². The summed E-state index contributed by atoms with van der Waals surface area (Å²) < 4.78 is 0. The normalized spacial score (nSPS) is 21.6. The van der Waals surface area contributed by atoms with Gasteiger partial charge in [0.15, 0.2) is 0 Å². The molecule has 5 nitrogen and oxygen atoms in total. The van der Waals surface area contributed by atoms with Crippen LogP contribution in [0.1, 0.15) is 32.4 Å². The van der Waals surface area contributed by atoms with Gasteiger partial charge in [0, 0.05) is 25.7 Å². The van der Waals surface area contributed by atoms with Crippen molar-refractivity contribution in [3.8, 4) is 0 Å². The first-order valence-corrected chi connectivity index (χ1v) is 7.74. The van der Waals surface area contributed by atoms with Gasteiger partial charge in [-0.25, -0.2) is 4.79 Å². The molecule has 1 heterocycles. The van der Waals surface area contributed by atoms with Gasteiger partial charge >= 0.3 is 6.09 Å². The van der Waals surface area contributed by atoms with Gasteiger partial charge in [0.2, 0.25) is 0 Å². The first-order chi connectivity index (χ1) is 10.3. The molecule has 2 atom stereocenters. The van der Waals surface area contributed by atoms with Gasteiger partial charge in [-0.2, -0.15) is 0 Å². The molecule has 0 aliphatic carbocycles. The molecule has 2 N–H and O–H groups in total. The van der Waals surface area contributed by atoms with E-state index in [9.17, 15) is 15.0 Å². The van der Waals surface area contributed by atoms with Gasteiger partial charge in [0.25, 0.3) is 0 Å². The van der Waals surface area contributed by atoms with Gasteiger partial charge in [-0.3, -0.25) is 4.90 Å². The number of aliphatic hydroxyl groups excluding tert-OH is 1. The highest BCUT2D eigenvalue weighted by Gasteiger charge is 2.39. The van der Waals surface area contributed by atoms with E-state index in [1.54, 1.807) is 0 Å². The van der Waals surface area contributed by atoms with Crippen molar-refractivity contribution >= 4 is 6.09 Å². The van der Waals surface area contributed by atoms with Crippen LogP contribution in [0, 0.1) is 5.41 Å². The van der Waals surface area contributed by atoms with E-state index in [-0.39, 0.29) is 24.1 Å². The highest BCUT2D eigenvalue weighted by Crippen LogP contribution is 2.39. The summed E-state index contributed by atoms with van der Waals surface area (Å²) in [7, 11) is 0. The number of hydrogen-bond donors (Lipinski definition) is 2. The van der Waals surface area contributed by atoms with Crippen molar-refractivity contribution < 1.29 is 15.0 Å². The molecule has 1 fully saturated rings. The molecule has 1 aliphatic rings. The summed E-state index contributed by atoms with van der Waals surface area (Å²) in [6.07, 6.45) is -0.912. The zero-order valence-corrected chi connectivity index (χ0v) is 13.6. The van der Waals surface area contributed by atoms with Crippen molar-refractivity contribution in [2.45, 2.75) is 32.9 Å². The van der Waals surface area contributed by atoms with E-state index in [4.69, 9.17) is 0 Å². The van der Waals surface area contributed by atoms with Gasteiger partial charge in [-0.15, -0.1) is 0 Å². The molecule has 0 saturated carbocycles. The number of aliphatic hydroxyl groups is 1. The first-order valence-electron chi connectivity index (χ1n) is 7.74. The molecule has 1 aromatic rings. The number of carbonyl (C=O) groups is 1. The minimum absolute atomic E-state index is 0.0137. The molecule has 22 heavy (non-hydrogen) atoms. The summed E-state index contributed by atoms with van der Waals surface area (Å²) in [4.78, 5) is 14.8. The van der Waals surface area contributed by atoms with Crippen molar-refractivity contribution in [2.24, 2.45) is 5.41 Å². The third kappa shape index (κ3) is 3.59. The van der Waals surface area contributed by atoms with E-state index in [0.29, 0.717) is 19.6 Å². The number of benzene rings is 1. The van der Waals surface area contributed by atoms with Crippen LogP contribution in [0.2, 0.25) is 0 Å². The lowest BCUT2D eigenvalue weighted by molar-refractivity contribution is -0.0173. The Bertz CT molecular complexity index is 498. The minimum atomic E-state index is -0.912. The van der Waals surface area contributed by atoms with E-state index < -0.39 is 6.09 Å². The monoisotopic (exact) mass is 306 g/mol. The average Bonchev–Trinajstić information content (AvgIpc) is 2.47. The van der Waals surface area contributed by atoms with Crippen LogP contribution in [0.25, 0.3) is 0 Å². The second kappa shape index (κ2) is 6.67. The molecule has 1 aromatic carbocycles. The van der Waals surface area contributed by atoms with Crippen LogP contribution >= 0.6 is 0 Å². The number of nitrogens with zero attached hydrogens (tertiary/aromatic N) is 2. The number of amides is 1. The third-order valence-electron chi connectivity index (χ3n) is 4.28. The highest BCUT2D eigenvalue weighted by molar-refractivity contribution is 5.65. The van der Waals surface area contributed by atoms with Gasteiger partial charge in [-0.05, 0) is 11.0 Å². The molecular weight excluding hydrogens is 280 g/mol. The van der Waals surface area contributed by atoms with Crippen LogP contribution in [0.15, 0.2) is 30.3 Å². The van der Waals surface area contributed by atoms with Crippen molar-refractivity contribution in [2.75, 3.05) is 26.2 Å². The maximum Gasteiger partial charge on any atom is 0.407 e. The third-order valence-corrected chi connectivity index (χ3v) is 4.28. The zero-order chi connectivity index (χ0) is 16.3. The minimum Gasteiger partial charge on any atom is -0.465 e. The van der Waals surface area contributed by atoms with Gasteiger partial charge in [0.1, 0.15) is 0 Å². The second-order valence-electron chi connectivity index (χ2n) is 6.98. The first kappa shape index (κ1) is 16.8. The SMILES string of the molecule is CC(C)(C)C(c1ccccc1)N1CCN(C(=O)O)CC1CO.